The van der Waals surface area contributed by atoms with Gasteiger partial charge in [-0.3, -0.25) is 0 Å². The molecule has 0 unspecified atom stereocenters. The normalized spacial score (nSPS) is 10.4. The van der Waals surface area contributed by atoms with E-state index in [9.17, 15) is 22.4 Å². The lowest BCUT2D eigenvalue weighted by Gasteiger charge is -2.08. The summed E-state index contributed by atoms with van der Waals surface area (Å²) in [6, 6.07) is 4.55. The highest BCUT2D eigenvalue weighted by atomic mass is 19.2. The number of halogens is 4. The van der Waals surface area contributed by atoms with Crippen LogP contribution in [0.1, 0.15) is 10.4 Å². The molecule has 0 bridgehead atoms. The zero-order chi connectivity index (χ0) is 14.9. The van der Waals surface area contributed by atoms with Crippen LogP contribution in [0.3, 0.4) is 0 Å². The molecule has 0 amide bonds. The second-order valence-corrected chi connectivity index (χ2v) is 3.59. The van der Waals surface area contributed by atoms with Crippen molar-refractivity contribution in [3.8, 4) is 11.5 Å². The van der Waals surface area contributed by atoms with E-state index in [2.05, 4.69) is 9.72 Å². The molecule has 20 heavy (non-hydrogen) atoms. The van der Waals surface area contributed by atoms with Crippen LogP contribution in [0.5, 0.6) is 11.5 Å². The number of ether oxygens (including phenoxy) is 1. The zero-order valence-electron chi connectivity index (χ0n) is 9.53. The van der Waals surface area contributed by atoms with Gasteiger partial charge in [-0.05, 0) is 18.2 Å². The van der Waals surface area contributed by atoms with Gasteiger partial charge >= 0.3 is 5.97 Å². The van der Waals surface area contributed by atoms with Crippen molar-refractivity contribution in [2.24, 2.45) is 0 Å². The summed E-state index contributed by atoms with van der Waals surface area (Å²) in [6.45, 7) is 0. The summed E-state index contributed by atoms with van der Waals surface area (Å²) in [5.41, 5.74) is -0.224. The Bertz CT molecular complexity index is 664. The molecule has 1 aromatic heterocycles. The minimum absolute atomic E-state index is 0.224. The van der Waals surface area contributed by atoms with Crippen molar-refractivity contribution in [3.63, 3.8) is 0 Å². The second-order valence-electron chi connectivity index (χ2n) is 3.59. The highest BCUT2D eigenvalue weighted by molar-refractivity contribution is 5.88. The maximum Gasteiger partial charge on any atom is 0.335 e. The number of rotatable bonds is 3. The predicted octanol–water partition coefficient (Wildman–Crippen LogP) is 3.13. The first-order chi connectivity index (χ1) is 9.40. The van der Waals surface area contributed by atoms with Gasteiger partial charge in [0.2, 0.25) is 17.4 Å². The van der Waals surface area contributed by atoms with Gasteiger partial charge in [0, 0.05) is 0 Å². The van der Waals surface area contributed by atoms with Gasteiger partial charge in [0.1, 0.15) is 5.75 Å². The monoisotopic (exact) mass is 287 g/mol. The smallest absolute Gasteiger partial charge is 0.335 e. The first-order valence-corrected chi connectivity index (χ1v) is 5.11. The molecular formula is C12H5F4NO3. The molecular weight excluding hydrogens is 282 g/mol. The van der Waals surface area contributed by atoms with Crippen molar-refractivity contribution in [3.05, 3.63) is 53.4 Å². The number of hydrogen-bond donors (Lipinski definition) is 1. The quantitative estimate of drug-likeness (QED) is 0.696. The van der Waals surface area contributed by atoms with E-state index in [0.29, 0.717) is 0 Å². The number of hydrogen-bond acceptors (Lipinski definition) is 3. The van der Waals surface area contributed by atoms with Gasteiger partial charge in [0.05, 0.1) is 5.56 Å². The molecule has 1 aromatic carbocycles. The Balaban J connectivity index is 2.45. The topological polar surface area (TPSA) is 59.4 Å². The van der Waals surface area contributed by atoms with Crippen molar-refractivity contribution in [1.29, 1.82) is 0 Å². The highest BCUT2D eigenvalue weighted by Crippen LogP contribution is 2.29. The molecule has 0 aliphatic heterocycles. The third-order valence-corrected chi connectivity index (χ3v) is 2.26. The lowest BCUT2D eigenvalue weighted by atomic mass is 10.2. The molecule has 0 radical (unpaired) electrons. The number of carbonyl (C=O) groups is 1. The number of benzene rings is 1. The van der Waals surface area contributed by atoms with Crippen molar-refractivity contribution < 1.29 is 32.2 Å². The molecule has 2 aromatic rings. The molecule has 0 fully saturated rings. The molecule has 0 atom stereocenters. The maximum absolute atomic E-state index is 13.3. The van der Waals surface area contributed by atoms with Crippen LogP contribution in [-0.4, -0.2) is 16.1 Å². The SMILES string of the molecule is O=C(O)c1cccc(Oc2c(F)c(F)nc(F)c2F)c1. The predicted molar refractivity (Wildman–Crippen MR) is 57.5 cm³/mol. The van der Waals surface area contributed by atoms with Gasteiger partial charge in [0.25, 0.3) is 11.9 Å². The highest BCUT2D eigenvalue weighted by Gasteiger charge is 2.23. The van der Waals surface area contributed by atoms with E-state index in [-0.39, 0.29) is 11.3 Å². The van der Waals surface area contributed by atoms with Gasteiger partial charge in [-0.25, -0.2) is 4.79 Å². The third kappa shape index (κ3) is 2.53. The van der Waals surface area contributed by atoms with E-state index >= 15 is 0 Å². The lowest BCUT2D eigenvalue weighted by molar-refractivity contribution is 0.0696. The fourth-order valence-corrected chi connectivity index (χ4v) is 1.37. The van der Waals surface area contributed by atoms with Crippen LogP contribution < -0.4 is 4.74 Å². The third-order valence-electron chi connectivity index (χ3n) is 2.26. The van der Waals surface area contributed by atoms with E-state index < -0.39 is 35.2 Å². The van der Waals surface area contributed by atoms with Crippen LogP contribution >= 0.6 is 0 Å². The van der Waals surface area contributed by atoms with Crippen molar-refractivity contribution in [2.45, 2.75) is 0 Å². The Kier molecular flexibility index (Phi) is 3.55. The number of aromatic carboxylic acids is 1. The first-order valence-electron chi connectivity index (χ1n) is 5.11. The average Bonchev–Trinajstić information content (AvgIpc) is 2.42. The van der Waals surface area contributed by atoms with E-state index in [1.54, 1.807) is 0 Å². The molecule has 1 N–H and O–H groups in total. The molecule has 0 saturated heterocycles. The number of carboxylic acids is 1. The van der Waals surface area contributed by atoms with Crippen LogP contribution in [-0.2, 0) is 0 Å². The molecule has 0 saturated carbocycles. The number of pyridine rings is 1. The summed E-state index contributed by atoms with van der Waals surface area (Å²) < 4.78 is 57.0. The van der Waals surface area contributed by atoms with Crippen LogP contribution in [0, 0.1) is 23.5 Å². The Morgan fingerprint density at radius 2 is 1.70 bits per heavy atom. The summed E-state index contributed by atoms with van der Waals surface area (Å²) in [6.07, 6.45) is 0. The van der Waals surface area contributed by atoms with Crippen LogP contribution in [0.2, 0.25) is 0 Å². The van der Waals surface area contributed by atoms with E-state index in [0.717, 1.165) is 6.07 Å². The van der Waals surface area contributed by atoms with E-state index in [1.165, 1.54) is 18.2 Å². The van der Waals surface area contributed by atoms with Gasteiger partial charge in [0.15, 0.2) is 0 Å². The Labute approximate surface area is 109 Å². The average molecular weight is 287 g/mol. The Morgan fingerprint density at radius 3 is 2.25 bits per heavy atom. The molecule has 4 nitrogen and oxygen atoms in total. The number of carboxylic acid groups (broad SMARTS) is 1. The molecule has 1 heterocycles. The summed E-state index contributed by atoms with van der Waals surface area (Å²) in [4.78, 5) is 13.1. The number of aromatic nitrogens is 1. The fraction of sp³-hybridized carbons (Fsp3) is 0. The fourth-order valence-electron chi connectivity index (χ4n) is 1.37. The van der Waals surface area contributed by atoms with Crippen molar-refractivity contribution >= 4 is 5.97 Å². The van der Waals surface area contributed by atoms with Crippen molar-refractivity contribution in [1.82, 2.24) is 4.98 Å². The first kappa shape index (κ1) is 13.8. The molecule has 0 aliphatic carbocycles. The minimum Gasteiger partial charge on any atom is -0.478 e. The summed E-state index contributed by atoms with van der Waals surface area (Å²) >= 11 is 0. The largest absolute Gasteiger partial charge is 0.478 e. The van der Waals surface area contributed by atoms with Gasteiger partial charge in [-0.15, -0.1) is 0 Å². The standard InChI is InChI=1S/C12H5F4NO3/c13-7-9(8(14)11(16)17-10(7)15)20-6-3-1-2-5(4-6)12(18)19/h1-4H,(H,18,19). The number of nitrogens with zero attached hydrogens (tertiary/aromatic N) is 1. The summed E-state index contributed by atoms with van der Waals surface area (Å²) in [5, 5.41) is 8.74. The van der Waals surface area contributed by atoms with Gasteiger partial charge < -0.3 is 9.84 Å². The van der Waals surface area contributed by atoms with Crippen LogP contribution in [0.15, 0.2) is 24.3 Å². The molecule has 104 valence electrons. The zero-order valence-corrected chi connectivity index (χ0v) is 9.53. The molecule has 0 aliphatic rings. The van der Waals surface area contributed by atoms with Crippen LogP contribution in [0.4, 0.5) is 17.6 Å². The maximum atomic E-state index is 13.3. The van der Waals surface area contributed by atoms with E-state index in [1.807, 2.05) is 0 Å². The summed E-state index contributed by atoms with van der Waals surface area (Å²) in [7, 11) is 0. The Morgan fingerprint density at radius 1 is 1.10 bits per heavy atom. The molecule has 8 heteroatoms. The summed E-state index contributed by atoms with van der Waals surface area (Å²) in [5.74, 6) is -10.3. The molecule has 0 spiro atoms. The van der Waals surface area contributed by atoms with Crippen molar-refractivity contribution in [2.75, 3.05) is 0 Å². The van der Waals surface area contributed by atoms with E-state index in [4.69, 9.17) is 5.11 Å². The van der Waals surface area contributed by atoms with Gasteiger partial charge in [-0.2, -0.15) is 22.5 Å². The second kappa shape index (κ2) is 5.16. The Hall–Kier alpha value is -2.64. The minimum atomic E-state index is -1.87. The van der Waals surface area contributed by atoms with Gasteiger partial charge in [-0.1, -0.05) is 6.07 Å². The lowest BCUT2D eigenvalue weighted by Crippen LogP contribution is -2.03. The molecule has 2 rings (SSSR count). The van der Waals surface area contributed by atoms with Crippen LogP contribution in [0.25, 0.3) is 0 Å².